The molecule has 0 saturated heterocycles. The van der Waals surface area contributed by atoms with Gasteiger partial charge in [0.25, 0.3) is 5.91 Å². The lowest BCUT2D eigenvalue weighted by atomic mass is 10.1. The van der Waals surface area contributed by atoms with Gasteiger partial charge in [-0.1, -0.05) is 0 Å². The van der Waals surface area contributed by atoms with E-state index in [-0.39, 0.29) is 29.9 Å². The van der Waals surface area contributed by atoms with Crippen molar-refractivity contribution in [2.45, 2.75) is 52.1 Å². The zero-order valence-electron chi connectivity index (χ0n) is 12.6. The average molecular weight is 301 g/mol. The van der Waals surface area contributed by atoms with Crippen LogP contribution in [0.25, 0.3) is 0 Å². The van der Waals surface area contributed by atoms with Gasteiger partial charge in [-0.3, -0.25) is 9.48 Å². The minimum atomic E-state index is -0.119. The molecule has 1 atom stereocenters. The highest BCUT2D eigenvalue weighted by Gasteiger charge is 2.32. The molecule has 0 aromatic carbocycles. The Morgan fingerprint density at radius 3 is 2.55 bits per heavy atom. The molecule has 0 bridgehead atoms. The number of carbonyl (C=O) groups is 1. The van der Waals surface area contributed by atoms with E-state index in [1.54, 1.807) is 6.20 Å². The van der Waals surface area contributed by atoms with Crippen LogP contribution in [-0.2, 0) is 5.54 Å². The van der Waals surface area contributed by atoms with E-state index in [1.807, 2.05) is 11.6 Å². The predicted octanol–water partition coefficient (Wildman–Crippen LogP) is 1.84. The number of hydrogen-bond donors (Lipinski definition) is 2. The Kier molecular flexibility index (Phi) is 5.21. The Morgan fingerprint density at radius 2 is 2.15 bits per heavy atom. The highest BCUT2D eigenvalue weighted by atomic mass is 35.5. The lowest BCUT2D eigenvalue weighted by molar-refractivity contribution is 0.0932. The third-order valence-electron chi connectivity index (χ3n) is 3.65. The molecule has 1 unspecified atom stereocenters. The number of nitrogens with one attached hydrogen (secondary N) is 1. The summed E-state index contributed by atoms with van der Waals surface area (Å²) >= 11 is 0. The van der Waals surface area contributed by atoms with Gasteiger partial charge in [0.15, 0.2) is 0 Å². The van der Waals surface area contributed by atoms with Crippen molar-refractivity contribution in [2.75, 3.05) is 6.54 Å². The first kappa shape index (κ1) is 17.0. The van der Waals surface area contributed by atoms with Gasteiger partial charge in [0, 0.05) is 18.3 Å². The van der Waals surface area contributed by atoms with Crippen molar-refractivity contribution >= 4 is 18.3 Å². The van der Waals surface area contributed by atoms with Crippen LogP contribution >= 0.6 is 12.4 Å². The molecule has 1 fully saturated rings. The number of hydrogen-bond acceptors (Lipinski definition) is 3. The average Bonchev–Trinajstić information content (AvgIpc) is 3.07. The molecule has 114 valence electrons. The molecule has 0 aliphatic heterocycles. The number of rotatable bonds is 4. The normalized spacial score (nSPS) is 16.4. The maximum Gasteiger partial charge on any atom is 0.255 e. The highest BCUT2D eigenvalue weighted by molar-refractivity contribution is 5.95. The van der Waals surface area contributed by atoms with E-state index in [9.17, 15) is 4.79 Å². The fourth-order valence-electron chi connectivity index (χ4n) is 2.42. The van der Waals surface area contributed by atoms with Gasteiger partial charge in [-0.25, -0.2) is 0 Å². The molecule has 0 radical (unpaired) electrons. The second kappa shape index (κ2) is 6.14. The number of nitrogens with two attached hydrogens (primary N) is 1. The van der Waals surface area contributed by atoms with Crippen molar-refractivity contribution in [3.8, 4) is 0 Å². The molecule has 5 nitrogen and oxygen atoms in total. The third-order valence-corrected chi connectivity index (χ3v) is 3.65. The zero-order chi connectivity index (χ0) is 14.2. The Labute approximate surface area is 126 Å². The van der Waals surface area contributed by atoms with E-state index in [1.165, 1.54) is 12.8 Å². The van der Waals surface area contributed by atoms with Crippen molar-refractivity contribution in [3.05, 3.63) is 17.5 Å². The summed E-state index contributed by atoms with van der Waals surface area (Å²) in [6.07, 6.45) is 3.99. The van der Waals surface area contributed by atoms with E-state index in [2.05, 4.69) is 31.2 Å². The van der Waals surface area contributed by atoms with E-state index < -0.39 is 0 Å². The molecule has 0 spiro atoms. The highest BCUT2D eigenvalue weighted by Crippen LogP contribution is 2.32. The van der Waals surface area contributed by atoms with E-state index in [0.29, 0.717) is 18.0 Å². The molecule has 1 aromatic heterocycles. The Hall–Kier alpha value is -1.07. The summed E-state index contributed by atoms with van der Waals surface area (Å²) in [5.41, 5.74) is 7.15. The Bertz CT molecular complexity index is 474. The molecule has 3 N–H and O–H groups in total. The van der Waals surface area contributed by atoms with Crippen LogP contribution in [0.1, 0.15) is 49.7 Å². The monoisotopic (exact) mass is 300 g/mol. The summed E-state index contributed by atoms with van der Waals surface area (Å²) in [6.45, 7) is 8.65. The molecule has 20 heavy (non-hydrogen) atoms. The molecular weight excluding hydrogens is 276 g/mol. The maximum atomic E-state index is 12.3. The van der Waals surface area contributed by atoms with Crippen molar-refractivity contribution in [3.63, 3.8) is 0 Å². The lowest BCUT2D eigenvalue weighted by Crippen LogP contribution is -2.42. The molecule has 1 heterocycles. The standard InChI is InChI=1S/C14H24N4O.ClH/c1-9-11(8-16-18(9)14(2,3)4)13(19)17-12(7-15)10-5-6-10;/h8,10,12H,5-7,15H2,1-4H3,(H,17,19);1H. The smallest absolute Gasteiger partial charge is 0.255 e. The van der Waals surface area contributed by atoms with Crippen molar-refractivity contribution in [1.29, 1.82) is 0 Å². The first-order valence-electron chi connectivity index (χ1n) is 6.90. The van der Waals surface area contributed by atoms with Crippen LogP contribution in [-0.4, -0.2) is 28.3 Å². The number of amides is 1. The third kappa shape index (κ3) is 3.52. The summed E-state index contributed by atoms with van der Waals surface area (Å²) in [6, 6.07) is 0.102. The van der Waals surface area contributed by atoms with Gasteiger partial charge in [0.2, 0.25) is 0 Å². The van der Waals surface area contributed by atoms with Crippen LogP contribution in [0.4, 0.5) is 0 Å². The summed E-state index contributed by atoms with van der Waals surface area (Å²) in [7, 11) is 0. The molecule has 1 aromatic rings. The number of aromatic nitrogens is 2. The van der Waals surface area contributed by atoms with E-state index in [4.69, 9.17) is 5.73 Å². The summed E-state index contributed by atoms with van der Waals surface area (Å²) in [5.74, 6) is 0.502. The molecule has 1 aliphatic carbocycles. The molecule has 1 aliphatic rings. The minimum absolute atomic E-state index is 0. The van der Waals surface area contributed by atoms with Gasteiger partial charge in [0.1, 0.15) is 0 Å². The van der Waals surface area contributed by atoms with Crippen LogP contribution in [0.15, 0.2) is 6.20 Å². The Morgan fingerprint density at radius 1 is 1.55 bits per heavy atom. The minimum Gasteiger partial charge on any atom is -0.348 e. The number of carbonyl (C=O) groups excluding carboxylic acids is 1. The van der Waals surface area contributed by atoms with Crippen LogP contribution in [0, 0.1) is 12.8 Å². The number of halogens is 1. The van der Waals surface area contributed by atoms with Gasteiger partial charge >= 0.3 is 0 Å². The van der Waals surface area contributed by atoms with E-state index in [0.717, 1.165) is 5.69 Å². The first-order valence-corrected chi connectivity index (χ1v) is 6.90. The molecule has 1 saturated carbocycles. The molecule has 6 heteroatoms. The summed E-state index contributed by atoms with van der Waals surface area (Å²) < 4.78 is 1.89. The van der Waals surface area contributed by atoms with Gasteiger partial charge < -0.3 is 11.1 Å². The van der Waals surface area contributed by atoms with E-state index >= 15 is 0 Å². The fraction of sp³-hybridized carbons (Fsp3) is 0.714. The molecule has 2 rings (SSSR count). The summed E-state index contributed by atoms with van der Waals surface area (Å²) in [4.78, 5) is 12.3. The van der Waals surface area contributed by atoms with Gasteiger partial charge in [0.05, 0.1) is 17.3 Å². The first-order chi connectivity index (χ1) is 8.84. The second-order valence-electron chi connectivity index (χ2n) is 6.38. The van der Waals surface area contributed by atoms with Crippen LogP contribution in [0.2, 0.25) is 0 Å². The lowest BCUT2D eigenvalue weighted by Gasteiger charge is -2.21. The largest absolute Gasteiger partial charge is 0.348 e. The maximum absolute atomic E-state index is 12.3. The van der Waals surface area contributed by atoms with Crippen molar-refractivity contribution in [1.82, 2.24) is 15.1 Å². The second-order valence-corrected chi connectivity index (χ2v) is 6.38. The quantitative estimate of drug-likeness (QED) is 0.891. The van der Waals surface area contributed by atoms with Crippen molar-refractivity contribution < 1.29 is 4.79 Å². The van der Waals surface area contributed by atoms with Crippen molar-refractivity contribution in [2.24, 2.45) is 11.7 Å². The zero-order valence-corrected chi connectivity index (χ0v) is 13.5. The number of nitrogens with zero attached hydrogens (tertiary/aromatic N) is 2. The van der Waals surface area contributed by atoms with Crippen LogP contribution in [0.3, 0.4) is 0 Å². The van der Waals surface area contributed by atoms with Gasteiger partial charge in [-0.05, 0) is 46.5 Å². The molecule has 1 amide bonds. The van der Waals surface area contributed by atoms with Crippen LogP contribution < -0.4 is 11.1 Å². The predicted molar refractivity (Wildman–Crippen MR) is 82.2 cm³/mol. The van der Waals surface area contributed by atoms with Gasteiger partial charge in [-0.15, -0.1) is 12.4 Å². The SMILES string of the molecule is Cc1c(C(=O)NC(CN)C2CC2)cnn1C(C)(C)C.Cl. The van der Waals surface area contributed by atoms with Crippen LogP contribution in [0.5, 0.6) is 0 Å². The summed E-state index contributed by atoms with van der Waals surface area (Å²) in [5, 5.41) is 7.36. The Balaban J connectivity index is 0.00000200. The van der Waals surface area contributed by atoms with Gasteiger partial charge in [-0.2, -0.15) is 5.10 Å². The topological polar surface area (TPSA) is 72.9 Å². The molecular formula is C14H25ClN4O. The fourth-order valence-corrected chi connectivity index (χ4v) is 2.42.